The first-order valence-corrected chi connectivity index (χ1v) is 5.07. The van der Waals surface area contributed by atoms with E-state index >= 15 is 0 Å². The molecule has 2 heterocycles. The highest BCUT2D eigenvalue weighted by Crippen LogP contribution is 2.20. The van der Waals surface area contributed by atoms with E-state index in [2.05, 4.69) is 15.3 Å². The number of hydrogen-bond donors (Lipinski definition) is 2. The maximum atomic E-state index is 12.1. The second kappa shape index (κ2) is 3.97. The molecule has 0 aromatic carbocycles. The van der Waals surface area contributed by atoms with Crippen LogP contribution in [0.15, 0.2) is 12.4 Å². The Kier molecular flexibility index (Phi) is 2.66. The third-order valence-electron chi connectivity index (χ3n) is 2.22. The summed E-state index contributed by atoms with van der Waals surface area (Å²) in [4.78, 5) is 12.1. The fourth-order valence-corrected chi connectivity index (χ4v) is 1.66. The van der Waals surface area contributed by atoms with Crippen molar-refractivity contribution in [2.75, 3.05) is 5.73 Å². The van der Waals surface area contributed by atoms with Crippen LogP contribution in [0.4, 0.5) is 5.82 Å². The number of carbonyl (C=O) groups is 1. The van der Waals surface area contributed by atoms with Crippen molar-refractivity contribution < 1.29 is 4.79 Å². The van der Waals surface area contributed by atoms with Gasteiger partial charge in [-0.05, 0) is 6.92 Å². The third-order valence-corrected chi connectivity index (χ3v) is 2.50. The summed E-state index contributed by atoms with van der Waals surface area (Å²) in [5.74, 6) is -0.0551. The Morgan fingerprint density at radius 3 is 2.94 bits per heavy atom. The van der Waals surface area contributed by atoms with E-state index in [0.717, 1.165) is 0 Å². The van der Waals surface area contributed by atoms with Crippen molar-refractivity contribution in [3.05, 3.63) is 28.7 Å². The normalized spacial score (nSPS) is 10.6. The zero-order valence-electron chi connectivity index (χ0n) is 8.57. The van der Waals surface area contributed by atoms with E-state index in [9.17, 15) is 4.79 Å². The van der Waals surface area contributed by atoms with E-state index in [1.54, 1.807) is 0 Å². The molecule has 0 radical (unpaired) electrons. The van der Waals surface area contributed by atoms with Crippen molar-refractivity contribution in [3.63, 3.8) is 0 Å². The van der Waals surface area contributed by atoms with Crippen molar-refractivity contribution in [3.8, 4) is 0 Å². The fourth-order valence-electron chi connectivity index (χ4n) is 1.43. The number of halogens is 1. The lowest BCUT2D eigenvalue weighted by Gasteiger charge is -2.03. The predicted molar refractivity (Wildman–Crippen MR) is 59.3 cm³/mol. The van der Waals surface area contributed by atoms with Crippen LogP contribution in [0.3, 0.4) is 0 Å². The molecular formula is C9H10ClN5O. The molecule has 0 unspecified atom stereocenters. The molecule has 0 bridgehead atoms. The Labute approximate surface area is 96.4 Å². The molecule has 84 valence electrons. The molecule has 0 aliphatic carbocycles. The monoisotopic (exact) mass is 239 g/mol. The Balaban J connectivity index is 2.49. The average molecular weight is 240 g/mol. The molecule has 0 fully saturated rings. The number of nitrogens with one attached hydrogen (secondary N) is 1. The number of ketones is 1. The first kappa shape index (κ1) is 10.7. The number of rotatable bonds is 3. The molecule has 7 heteroatoms. The molecule has 2 aromatic rings. The van der Waals surface area contributed by atoms with Gasteiger partial charge in [-0.25, -0.2) is 0 Å². The van der Waals surface area contributed by atoms with Crippen LogP contribution in [0.5, 0.6) is 0 Å². The van der Waals surface area contributed by atoms with Crippen LogP contribution in [0.1, 0.15) is 23.0 Å². The number of H-pyrrole nitrogens is 1. The van der Waals surface area contributed by atoms with Crippen molar-refractivity contribution in [2.45, 2.75) is 13.5 Å². The van der Waals surface area contributed by atoms with Gasteiger partial charge in [0.1, 0.15) is 11.5 Å². The molecule has 2 rings (SSSR count). The number of carbonyl (C=O) groups excluding carboxylic acids is 1. The van der Waals surface area contributed by atoms with E-state index in [4.69, 9.17) is 17.3 Å². The summed E-state index contributed by atoms with van der Waals surface area (Å²) in [7, 11) is 0. The summed E-state index contributed by atoms with van der Waals surface area (Å²) >= 11 is 5.91. The summed E-state index contributed by atoms with van der Waals surface area (Å²) in [6.07, 6.45) is 2.82. The van der Waals surface area contributed by atoms with Gasteiger partial charge in [-0.3, -0.25) is 14.6 Å². The zero-order chi connectivity index (χ0) is 11.7. The van der Waals surface area contributed by atoms with Gasteiger partial charge in [-0.2, -0.15) is 10.2 Å². The maximum Gasteiger partial charge on any atom is 0.217 e. The number of nitrogens with zero attached hydrogens (tertiary/aromatic N) is 3. The Hall–Kier alpha value is -1.82. The summed E-state index contributed by atoms with van der Waals surface area (Å²) in [6, 6.07) is 0. The van der Waals surface area contributed by atoms with Gasteiger partial charge < -0.3 is 5.73 Å². The molecule has 0 amide bonds. The predicted octanol–water partition coefficient (Wildman–Crippen LogP) is 1.09. The molecule has 16 heavy (non-hydrogen) atoms. The summed E-state index contributed by atoms with van der Waals surface area (Å²) in [6.45, 7) is 2.43. The summed E-state index contributed by atoms with van der Waals surface area (Å²) < 4.78 is 1.52. The quantitative estimate of drug-likeness (QED) is 0.785. The van der Waals surface area contributed by atoms with Crippen LogP contribution in [0.2, 0.25) is 5.02 Å². The SMILES string of the molecule is CCn1ncc(Cl)c1C(=O)c1cn[nH]c1N. The Morgan fingerprint density at radius 2 is 2.38 bits per heavy atom. The number of hydrogen-bond acceptors (Lipinski definition) is 4. The molecule has 0 atom stereocenters. The average Bonchev–Trinajstić information content (AvgIpc) is 2.83. The standard InChI is InChI=1S/C9H10ClN5O/c1-2-15-7(6(10)4-13-15)8(16)5-3-12-14-9(5)11/h3-4H,2H2,1H3,(H3,11,12,14). The first-order valence-electron chi connectivity index (χ1n) is 4.70. The van der Waals surface area contributed by atoms with Gasteiger partial charge in [-0.1, -0.05) is 11.6 Å². The van der Waals surface area contributed by atoms with E-state index in [1.165, 1.54) is 17.1 Å². The minimum atomic E-state index is -0.282. The number of aromatic nitrogens is 4. The van der Waals surface area contributed by atoms with Crippen LogP contribution in [-0.2, 0) is 6.54 Å². The highest BCUT2D eigenvalue weighted by Gasteiger charge is 2.21. The smallest absolute Gasteiger partial charge is 0.217 e. The molecule has 6 nitrogen and oxygen atoms in total. The lowest BCUT2D eigenvalue weighted by Crippen LogP contribution is -2.11. The van der Waals surface area contributed by atoms with Crippen molar-refractivity contribution in [1.82, 2.24) is 20.0 Å². The molecule has 0 saturated heterocycles. The Bertz CT molecular complexity index is 530. The number of anilines is 1. The van der Waals surface area contributed by atoms with Gasteiger partial charge >= 0.3 is 0 Å². The maximum absolute atomic E-state index is 12.1. The summed E-state index contributed by atoms with van der Waals surface area (Å²) in [5, 5.41) is 10.5. The fraction of sp³-hybridized carbons (Fsp3) is 0.222. The molecule has 0 aliphatic rings. The molecule has 3 N–H and O–H groups in total. The second-order valence-electron chi connectivity index (χ2n) is 3.18. The van der Waals surface area contributed by atoms with E-state index in [-0.39, 0.29) is 11.6 Å². The second-order valence-corrected chi connectivity index (χ2v) is 3.59. The largest absolute Gasteiger partial charge is 0.383 e. The van der Waals surface area contributed by atoms with Crippen LogP contribution in [0, 0.1) is 0 Å². The van der Waals surface area contributed by atoms with Gasteiger partial charge in [0, 0.05) is 6.54 Å². The molecule has 0 spiro atoms. The lowest BCUT2D eigenvalue weighted by atomic mass is 10.1. The number of nitrogens with two attached hydrogens (primary N) is 1. The van der Waals surface area contributed by atoms with E-state index in [1.807, 2.05) is 6.92 Å². The first-order chi connectivity index (χ1) is 7.65. The minimum Gasteiger partial charge on any atom is -0.383 e. The number of aromatic amines is 1. The zero-order valence-corrected chi connectivity index (χ0v) is 9.32. The van der Waals surface area contributed by atoms with Gasteiger partial charge in [0.15, 0.2) is 0 Å². The lowest BCUT2D eigenvalue weighted by molar-refractivity contribution is 0.103. The van der Waals surface area contributed by atoms with Crippen molar-refractivity contribution in [2.24, 2.45) is 0 Å². The van der Waals surface area contributed by atoms with Gasteiger partial charge in [0.05, 0.1) is 23.0 Å². The molecule has 2 aromatic heterocycles. The van der Waals surface area contributed by atoms with Crippen LogP contribution in [0.25, 0.3) is 0 Å². The molecular weight excluding hydrogens is 230 g/mol. The van der Waals surface area contributed by atoms with Crippen LogP contribution in [-0.4, -0.2) is 25.8 Å². The van der Waals surface area contributed by atoms with E-state index in [0.29, 0.717) is 22.8 Å². The van der Waals surface area contributed by atoms with E-state index < -0.39 is 0 Å². The van der Waals surface area contributed by atoms with Crippen molar-refractivity contribution in [1.29, 1.82) is 0 Å². The van der Waals surface area contributed by atoms with Crippen LogP contribution >= 0.6 is 11.6 Å². The van der Waals surface area contributed by atoms with Crippen LogP contribution < -0.4 is 5.73 Å². The molecule has 0 aliphatic heterocycles. The number of aryl methyl sites for hydroxylation is 1. The van der Waals surface area contributed by atoms with Gasteiger partial charge in [0.25, 0.3) is 0 Å². The molecule has 0 saturated carbocycles. The Morgan fingerprint density at radius 1 is 1.62 bits per heavy atom. The highest BCUT2D eigenvalue weighted by atomic mass is 35.5. The topological polar surface area (TPSA) is 89.6 Å². The van der Waals surface area contributed by atoms with Gasteiger partial charge in [-0.15, -0.1) is 0 Å². The highest BCUT2D eigenvalue weighted by molar-refractivity contribution is 6.34. The van der Waals surface area contributed by atoms with Crippen molar-refractivity contribution >= 4 is 23.2 Å². The summed E-state index contributed by atoms with van der Waals surface area (Å²) in [5.41, 5.74) is 6.21. The minimum absolute atomic E-state index is 0.227. The number of nitrogen functional groups attached to an aromatic ring is 1. The van der Waals surface area contributed by atoms with Gasteiger partial charge in [0.2, 0.25) is 5.78 Å². The third kappa shape index (κ3) is 1.57.